The van der Waals surface area contributed by atoms with E-state index in [1.165, 1.54) is 22.0 Å². The minimum atomic E-state index is -0.704. The number of thiazole rings is 1. The number of benzene rings is 3. The average Bonchev–Trinajstić information content (AvgIpc) is 3.83. The zero-order chi connectivity index (χ0) is 34.2. The quantitative estimate of drug-likeness (QED) is 0.125. The van der Waals surface area contributed by atoms with Crippen molar-refractivity contribution >= 4 is 81.0 Å². The van der Waals surface area contributed by atoms with E-state index in [1.54, 1.807) is 55.5 Å². The third-order valence-corrected chi connectivity index (χ3v) is 10.8. The predicted molar refractivity (Wildman–Crippen MR) is 192 cm³/mol. The number of aromatic nitrogens is 4. The smallest absolute Gasteiger partial charge is 0.283 e. The van der Waals surface area contributed by atoms with Gasteiger partial charge in [0.25, 0.3) is 17.2 Å². The van der Waals surface area contributed by atoms with Gasteiger partial charge >= 0.3 is 0 Å². The number of halogens is 2. The van der Waals surface area contributed by atoms with Crippen molar-refractivity contribution < 1.29 is 9.72 Å². The summed E-state index contributed by atoms with van der Waals surface area (Å²) in [7, 11) is 0. The summed E-state index contributed by atoms with van der Waals surface area (Å²) in [4.78, 5) is 49.9. The van der Waals surface area contributed by atoms with Crippen molar-refractivity contribution in [1.29, 1.82) is 0 Å². The number of nitro benzene ring substituents is 1. The van der Waals surface area contributed by atoms with Gasteiger partial charge in [-0.25, -0.2) is 9.98 Å². The highest BCUT2D eigenvalue weighted by molar-refractivity contribution is 7.99. The fraction of sp³-hybridized carbons (Fsp3) is 0.0606. The summed E-state index contributed by atoms with van der Waals surface area (Å²) in [6.45, 7) is 1.75. The van der Waals surface area contributed by atoms with Crippen molar-refractivity contribution in [2.45, 2.75) is 23.0 Å². The summed E-state index contributed by atoms with van der Waals surface area (Å²) in [5, 5.41) is 25.1. The molecular weight excluding hydrogens is 726 g/mol. The van der Waals surface area contributed by atoms with Gasteiger partial charge in [0.2, 0.25) is 5.16 Å². The molecule has 1 aliphatic rings. The maximum atomic E-state index is 14.0. The van der Waals surface area contributed by atoms with E-state index in [1.807, 2.05) is 35.7 Å². The van der Waals surface area contributed by atoms with E-state index in [0.717, 1.165) is 28.0 Å². The number of allylic oxidation sites excluding steroid dienone is 1. The van der Waals surface area contributed by atoms with Crippen molar-refractivity contribution in [3.63, 3.8) is 0 Å². The number of aromatic amines is 1. The molecule has 3 aromatic heterocycles. The summed E-state index contributed by atoms with van der Waals surface area (Å²) in [5.41, 5.74) is 1.94. The zero-order valence-electron chi connectivity index (χ0n) is 25.1. The molecule has 3 aromatic carbocycles. The number of hydrogen-bond acceptors (Lipinski definition) is 10. The summed E-state index contributed by atoms with van der Waals surface area (Å²) in [6.07, 6.45) is 1.59. The van der Waals surface area contributed by atoms with Crippen molar-refractivity contribution in [2.24, 2.45) is 4.99 Å². The number of thiophene rings is 1. The number of nitrogens with zero attached hydrogens (tertiary/aromatic N) is 5. The molecule has 0 radical (unpaired) electrons. The van der Waals surface area contributed by atoms with Crippen LogP contribution in [0, 0.1) is 10.1 Å². The monoisotopic (exact) mass is 745 g/mol. The van der Waals surface area contributed by atoms with E-state index in [4.69, 9.17) is 23.2 Å². The first-order valence-electron chi connectivity index (χ1n) is 14.4. The van der Waals surface area contributed by atoms with Crippen LogP contribution in [0.5, 0.6) is 0 Å². The van der Waals surface area contributed by atoms with Gasteiger partial charge in [0, 0.05) is 27.2 Å². The molecule has 0 aliphatic carbocycles. The van der Waals surface area contributed by atoms with Crippen molar-refractivity contribution in [3.05, 3.63) is 146 Å². The molecule has 0 spiro atoms. The van der Waals surface area contributed by atoms with Gasteiger partial charge in [-0.1, -0.05) is 64.9 Å². The van der Waals surface area contributed by atoms with Crippen LogP contribution in [0.25, 0.3) is 17.5 Å². The van der Waals surface area contributed by atoms with Crippen LogP contribution in [0.3, 0.4) is 0 Å². The predicted octanol–water partition coefficient (Wildman–Crippen LogP) is 7.09. The van der Waals surface area contributed by atoms with Crippen LogP contribution in [0.1, 0.15) is 23.4 Å². The summed E-state index contributed by atoms with van der Waals surface area (Å²) in [5.74, 6) is 0.0224. The summed E-state index contributed by atoms with van der Waals surface area (Å²) >= 11 is 15.9. The van der Waals surface area contributed by atoms with E-state index >= 15 is 0 Å². The lowest BCUT2D eigenvalue weighted by Crippen LogP contribution is -2.40. The highest BCUT2D eigenvalue weighted by Crippen LogP contribution is 2.36. The van der Waals surface area contributed by atoms with E-state index in [0.29, 0.717) is 58.2 Å². The number of amides is 1. The standard InChI is InChI=1S/C33H21Cl2N7O4S3/c1-17-27(30(43)37-20-6-3-2-4-7-20)28(25-8-5-13-47-25)41-31(44)26(49-33(41)36-17)15-18-9-12-24(23(14-18)42(45)46)48-32-38-29(39-40-32)21-11-10-19(34)16-22(21)35/h2-16,28H,1H3,(H,37,43)(H,38,39,40)/b26-15+/t28-/m1/s1. The lowest BCUT2D eigenvalue weighted by molar-refractivity contribution is -0.387. The van der Waals surface area contributed by atoms with Crippen LogP contribution in [-0.4, -0.2) is 30.6 Å². The van der Waals surface area contributed by atoms with Crippen LogP contribution in [0.15, 0.2) is 115 Å². The number of nitro groups is 1. The second-order valence-corrected chi connectivity index (χ2v) is 14.4. The average molecular weight is 747 g/mol. The van der Waals surface area contributed by atoms with Crippen LogP contribution in [0.2, 0.25) is 10.0 Å². The van der Waals surface area contributed by atoms with Gasteiger partial charge in [-0.15, -0.1) is 16.4 Å². The van der Waals surface area contributed by atoms with Crippen molar-refractivity contribution in [2.75, 3.05) is 5.32 Å². The first kappa shape index (κ1) is 32.7. The van der Waals surface area contributed by atoms with Crippen molar-refractivity contribution in [3.8, 4) is 11.4 Å². The first-order chi connectivity index (χ1) is 23.7. The molecule has 244 valence electrons. The Hall–Kier alpha value is -4.86. The van der Waals surface area contributed by atoms with Crippen LogP contribution in [-0.2, 0) is 4.79 Å². The van der Waals surface area contributed by atoms with Gasteiger partial charge in [-0.2, -0.15) is 0 Å². The first-order valence-corrected chi connectivity index (χ1v) is 17.7. The number of carbonyl (C=O) groups is 1. The highest BCUT2D eigenvalue weighted by Gasteiger charge is 2.33. The Morgan fingerprint density at radius 3 is 2.65 bits per heavy atom. The molecular formula is C33H21Cl2N7O4S3. The fourth-order valence-corrected chi connectivity index (χ4v) is 8.41. The van der Waals surface area contributed by atoms with Gasteiger partial charge in [-0.05, 0) is 78.2 Å². The molecule has 0 unspecified atom stereocenters. The van der Waals surface area contributed by atoms with Gasteiger partial charge in [0.15, 0.2) is 10.6 Å². The van der Waals surface area contributed by atoms with Gasteiger partial charge in [0.05, 0.1) is 30.6 Å². The van der Waals surface area contributed by atoms with Crippen molar-refractivity contribution in [1.82, 2.24) is 19.7 Å². The number of anilines is 1. The molecule has 0 bridgehead atoms. The molecule has 11 nitrogen and oxygen atoms in total. The lowest BCUT2D eigenvalue weighted by atomic mass is 10.0. The Labute approximate surface area is 299 Å². The minimum Gasteiger partial charge on any atom is -0.322 e. The molecule has 7 rings (SSSR count). The van der Waals surface area contributed by atoms with Crippen LogP contribution in [0.4, 0.5) is 11.4 Å². The highest BCUT2D eigenvalue weighted by atomic mass is 35.5. The maximum Gasteiger partial charge on any atom is 0.283 e. The second kappa shape index (κ2) is 13.6. The molecule has 1 amide bonds. The molecule has 2 N–H and O–H groups in total. The minimum absolute atomic E-state index is 0.186. The Morgan fingerprint density at radius 1 is 1.10 bits per heavy atom. The van der Waals surface area contributed by atoms with Gasteiger partial charge < -0.3 is 5.32 Å². The number of nitrogens with one attached hydrogen (secondary N) is 2. The molecule has 0 fully saturated rings. The molecule has 16 heteroatoms. The Bertz CT molecular complexity index is 2480. The van der Waals surface area contributed by atoms with Gasteiger partial charge in [-0.3, -0.25) is 29.4 Å². The zero-order valence-corrected chi connectivity index (χ0v) is 29.0. The molecule has 0 saturated carbocycles. The molecule has 0 saturated heterocycles. The van der Waals surface area contributed by atoms with E-state index in [9.17, 15) is 19.7 Å². The third kappa shape index (κ3) is 6.60. The van der Waals surface area contributed by atoms with Crippen LogP contribution >= 0.6 is 57.6 Å². The maximum absolute atomic E-state index is 14.0. The fourth-order valence-electron chi connectivity index (χ4n) is 5.24. The number of rotatable bonds is 8. The van der Waals surface area contributed by atoms with Crippen LogP contribution < -0.4 is 20.2 Å². The largest absolute Gasteiger partial charge is 0.322 e. The molecule has 1 atom stereocenters. The normalized spacial score (nSPS) is 14.4. The number of fused-ring (bicyclic) bond motifs is 1. The molecule has 4 heterocycles. The van der Waals surface area contributed by atoms with Gasteiger partial charge in [0.1, 0.15) is 6.04 Å². The Morgan fingerprint density at radius 2 is 1.92 bits per heavy atom. The molecule has 6 aromatic rings. The second-order valence-electron chi connectivity index (χ2n) is 10.6. The Balaban J connectivity index is 1.23. The Kier molecular flexibility index (Phi) is 9.05. The topological polar surface area (TPSA) is 148 Å². The summed E-state index contributed by atoms with van der Waals surface area (Å²) in [6, 6.07) is 21.7. The SMILES string of the molecule is CC1=C(C(=O)Nc2ccccc2)[C@@H](c2cccs2)n2c(s/c(=C/c3ccc(Sc4n[nH]c(-c5ccc(Cl)cc5Cl)n4)c([N+](=O)[O-])c3)c2=O)=N1. The number of hydrogen-bond donors (Lipinski definition) is 2. The summed E-state index contributed by atoms with van der Waals surface area (Å²) < 4.78 is 1.83. The number of carbonyl (C=O) groups excluding carboxylic acids is 1. The number of H-pyrrole nitrogens is 1. The number of para-hydroxylation sites is 1. The lowest BCUT2D eigenvalue weighted by Gasteiger charge is -2.24. The molecule has 49 heavy (non-hydrogen) atoms. The third-order valence-electron chi connectivity index (χ3n) is 7.44. The molecule has 1 aliphatic heterocycles. The van der Waals surface area contributed by atoms with E-state index in [-0.39, 0.29) is 22.3 Å². The van der Waals surface area contributed by atoms with E-state index in [2.05, 4.69) is 25.5 Å². The van der Waals surface area contributed by atoms with E-state index < -0.39 is 11.0 Å².